The molecule has 0 aliphatic carbocycles. The van der Waals surface area contributed by atoms with E-state index >= 15 is 0 Å². The van der Waals surface area contributed by atoms with Crippen LogP contribution in [0.5, 0.6) is 17.2 Å². The van der Waals surface area contributed by atoms with E-state index in [-0.39, 0.29) is 17.3 Å². The predicted octanol–water partition coefficient (Wildman–Crippen LogP) is 5.96. The summed E-state index contributed by atoms with van der Waals surface area (Å²) in [6.45, 7) is 2.15. The molecule has 1 heterocycles. The lowest BCUT2D eigenvalue weighted by Crippen LogP contribution is -2.09. The monoisotopic (exact) mass is 511 g/mol. The first-order valence-electron chi connectivity index (χ1n) is 10.5. The lowest BCUT2D eigenvalue weighted by atomic mass is 10.1. The van der Waals surface area contributed by atoms with Crippen LogP contribution >= 0.6 is 23.2 Å². The molecule has 0 bridgehead atoms. The van der Waals surface area contributed by atoms with Gasteiger partial charge in [0.1, 0.15) is 5.75 Å². The van der Waals surface area contributed by atoms with Crippen LogP contribution in [0.3, 0.4) is 0 Å². The van der Waals surface area contributed by atoms with Crippen LogP contribution in [0.15, 0.2) is 71.4 Å². The van der Waals surface area contributed by atoms with Gasteiger partial charge in [-0.2, -0.15) is 0 Å². The second-order valence-corrected chi connectivity index (χ2v) is 8.06. The van der Waals surface area contributed by atoms with Crippen LogP contribution < -0.4 is 14.2 Å². The van der Waals surface area contributed by atoms with E-state index in [1.54, 1.807) is 68.6 Å². The molecule has 1 aliphatic rings. The average molecular weight is 512 g/mol. The maximum absolute atomic E-state index is 12.6. The number of carbonyl (C=O) groups excluding carboxylic acids is 2. The topological polar surface area (TPSA) is 83.4 Å². The van der Waals surface area contributed by atoms with Gasteiger partial charge in [-0.25, -0.2) is 14.6 Å². The molecular formula is C26H19Cl2NO6. The standard InChI is InChI=1S/C26H19Cl2NO6/c1-3-33-23-13-15(4-11-22(23)34-25(30)16-5-8-18(32-2)9-6-16)12-21-26(31)35-24(29-21)19-10-7-17(27)14-20(19)28/h4-14H,3H2,1-2H3/b21-12+. The zero-order valence-corrected chi connectivity index (χ0v) is 20.2. The van der Waals surface area contributed by atoms with Crippen molar-refractivity contribution >= 4 is 47.1 Å². The molecule has 178 valence electrons. The van der Waals surface area contributed by atoms with Gasteiger partial charge in [-0.05, 0) is 73.2 Å². The number of benzene rings is 3. The van der Waals surface area contributed by atoms with E-state index in [9.17, 15) is 9.59 Å². The van der Waals surface area contributed by atoms with Crippen molar-refractivity contribution in [2.45, 2.75) is 6.92 Å². The Bertz CT molecular complexity index is 1350. The van der Waals surface area contributed by atoms with E-state index in [1.807, 2.05) is 0 Å². The SMILES string of the molecule is CCOc1cc(/C=C2/N=C(c3ccc(Cl)cc3Cl)OC2=O)ccc1OC(=O)c1ccc(OC)cc1. The third-order valence-electron chi connectivity index (χ3n) is 4.88. The third kappa shape index (κ3) is 5.65. The van der Waals surface area contributed by atoms with Crippen LogP contribution in [0.4, 0.5) is 0 Å². The summed E-state index contributed by atoms with van der Waals surface area (Å²) in [5, 5.41) is 0.766. The molecule has 0 spiro atoms. The summed E-state index contributed by atoms with van der Waals surface area (Å²) in [6, 6.07) is 16.2. The van der Waals surface area contributed by atoms with Crippen LogP contribution in [0.2, 0.25) is 10.0 Å². The van der Waals surface area contributed by atoms with Crippen LogP contribution in [0, 0.1) is 0 Å². The van der Waals surface area contributed by atoms with Gasteiger partial charge in [0.15, 0.2) is 17.2 Å². The summed E-state index contributed by atoms with van der Waals surface area (Å²) in [5.41, 5.74) is 1.48. The van der Waals surface area contributed by atoms with Crippen LogP contribution in [-0.2, 0) is 9.53 Å². The average Bonchev–Trinajstić information content (AvgIpc) is 3.20. The van der Waals surface area contributed by atoms with Gasteiger partial charge in [-0.3, -0.25) is 0 Å². The minimum absolute atomic E-state index is 0.0800. The highest BCUT2D eigenvalue weighted by Gasteiger charge is 2.26. The lowest BCUT2D eigenvalue weighted by molar-refractivity contribution is -0.129. The number of ether oxygens (including phenoxy) is 4. The molecule has 7 nitrogen and oxygen atoms in total. The van der Waals surface area contributed by atoms with Crippen LogP contribution in [0.25, 0.3) is 6.08 Å². The lowest BCUT2D eigenvalue weighted by Gasteiger charge is -2.11. The van der Waals surface area contributed by atoms with E-state index in [0.29, 0.717) is 44.8 Å². The van der Waals surface area contributed by atoms with Gasteiger partial charge in [0.25, 0.3) is 0 Å². The van der Waals surface area contributed by atoms with Gasteiger partial charge >= 0.3 is 11.9 Å². The Labute approximate surface area is 211 Å². The van der Waals surface area contributed by atoms with E-state index in [0.717, 1.165) is 0 Å². The Morgan fingerprint density at radius 1 is 1.03 bits per heavy atom. The normalized spacial score (nSPS) is 13.9. The summed E-state index contributed by atoms with van der Waals surface area (Å²) >= 11 is 12.1. The zero-order valence-electron chi connectivity index (χ0n) is 18.7. The number of hydrogen-bond acceptors (Lipinski definition) is 7. The number of carbonyl (C=O) groups is 2. The fourth-order valence-corrected chi connectivity index (χ4v) is 3.69. The molecule has 0 aromatic heterocycles. The van der Waals surface area contributed by atoms with E-state index in [2.05, 4.69) is 4.99 Å². The maximum Gasteiger partial charge on any atom is 0.363 e. The molecule has 1 aliphatic heterocycles. The van der Waals surface area contributed by atoms with Crippen molar-refractivity contribution < 1.29 is 28.5 Å². The third-order valence-corrected chi connectivity index (χ3v) is 5.43. The second-order valence-electron chi connectivity index (χ2n) is 7.22. The minimum atomic E-state index is -0.626. The molecule has 0 radical (unpaired) electrons. The number of aliphatic imine (C=N–C) groups is 1. The first kappa shape index (κ1) is 24.3. The summed E-state index contributed by atoms with van der Waals surface area (Å²) in [7, 11) is 1.54. The molecule has 3 aromatic carbocycles. The molecule has 0 unspecified atom stereocenters. The number of hydrogen-bond donors (Lipinski definition) is 0. The van der Waals surface area contributed by atoms with Gasteiger partial charge < -0.3 is 18.9 Å². The summed E-state index contributed by atoms with van der Waals surface area (Å²) < 4.78 is 21.6. The number of cyclic esters (lactones) is 1. The number of rotatable bonds is 7. The molecule has 9 heteroatoms. The fourth-order valence-electron chi connectivity index (χ4n) is 3.20. The van der Waals surface area contributed by atoms with Crippen molar-refractivity contribution in [3.05, 3.63) is 93.1 Å². The molecule has 35 heavy (non-hydrogen) atoms. The largest absolute Gasteiger partial charge is 0.497 e. The first-order valence-corrected chi connectivity index (χ1v) is 11.2. The Balaban J connectivity index is 1.58. The molecule has 0 amide bonds. The molecule has 0 saturated heterocycles. The highest BCUT2D eigenvalue weighted by molar-refractivity contribution is 6.37. The molecule has 0 saturated carbocycles. The van der Waals surface area contributed by atoms with E-state index in [4.69, 9.17) is 42.1 Å². The van der Waals surface area contributed by atoms with Crippen LogP contribution in [-0.4, -0.2) is 31.6 Å². The molecular weight excluding hydrogens is 493 g/mol. The van der Waals surface area contributed by atoms with Gasteiger partial charge in [0.05, 0.1) is 29.9 Å². The molecule has 4 rings (SSSR count). The Hall–Kier alpha value is -3.81. The minimum Gasteiger partial charge on any atom is -0.497 e. The maximum atomic E-state index is 12.6. The number of methoxy groups -OCH3 is 1. The zero-order chi connectivity index (χ0) is 24.9. The summed E-state index contributed by atoms with van der Waals surface area (Å²) in [4.78, 5) is 29.2. The second kappa shape index (κ2) is 10.6. The first-order chi connectivity index (χ1) is 16.9. The highest BCUT2D eigenvalue weighted by Crippen LogP contribution is 2.32. The van der Waals surface area contributed by atoms with Crippen molar-refractivity contribution in [1.82, 2.24) is 0 Å². The van der Waals surface area contributed by atoms with Crippen molar-refractivity contribution in [3.8, 4) is 17.2 Å². The number of nitrogens with zero attached hydrogens (tertiary/aromatic N) is 1. The van der Waals surface area contributed by atoms with Gasteiger partial charge in [0, 0.05) is 5.02 Å². The molecule has 0 N–H and O–H groups in total. The number of esters is 2. The molecule has 3 aromatic rings. The smallest absolute Gasteiger partial charge is 0.363 e. The van der Waals surface area contributed by atoms with Gasteiger partial charge in [-0.1, -0.05) is 29.3 Å². The fraction of sp³-hybridized carbons (Fsp3) is 0.115. The van der Waals surface area contributed by atoms with Crippen molar-refractivity contribution in [1.29, 1.82) is 0 Å². The Morgan fingerprint density at radius 2 is 1.80 bits per heavy atom. The predicted molar refractivity (Wildman–Crippen MR) is 133 cm³/mol. The number of halogens is 2. The highest BCUT2D eigenvalue weighted by atomic mass is 35.5. The van der Waals surface area contributed by atoms with Gasteiger partial charge in [0.2, 0.25) is 5.90 Å². The molecule has 0 atom stereocenters. The summed E-state index contributed by atoms with van der Waals surface area (Å²) in [5.74, 6) is 0.106. The molecule has 0 fully saturated rings. The van der Waals surface area contributed by atoms with Crippen LogP contribution in [0.1, 0.15) is 28.4 Å². The Kier molecular flexibility index (Phi) is 7.39. The Morgan fingerprint density at radius 3 is 2.49 bits per heavy atom. The van der Waals surface area contributed by atoms with E-state index in [1.165, 1.54) is 12.1 Å². The van der Waals surface area contributed by atoms with Crippen molar-refractivity contribution in [2.24, 2.45) is 4.99 Å². The van der Waals surface area contributed by atoms with Crippen molar-refractivity contribution in [3.63, 3.8) is 0 Å². The quantitative estimate of drug-likeness (QED) is 0.221. The van der Waals surface area contributed by atoms with Crippen molar-refractivity contribution in [2.75, 3.05) is 13.7 Å². The van der Waals surface area contributed by atoms with Gasteiger partial charge in [-0.15, -0.1) is 0 Å². The summed E-state index contributed by atoms with van der Waals surface area (Å²) in [6.07, 6.45) is 1.54. The van der Waals surface area contributed by atoms with E-state index < -0.39 is 11.9 Å².